The molecule has 0 fully saturated rings. The van der Waals surface area contributed by atoms with Gasteiger partial charge < -0.3 is 4.74 Å². The molecule has 6 nitrogen and oxygen atoms in total. The molecule has 2 heterocycles. The average molecular weight is 255 g/mol. The standard InChI is InChI=1S/C13H13N5O/c1-3-18-12-10(16-17-18)13(19-2)15-11(14-12)9-7-5-4-6-8-9/h4-8H,3H2,1-2H3. The Bertz CT molecular complexity index is 708. The van der Waals surface area contributed by atoms with Crippen LogP contribution in [0, 0.1) is 0 Å². The molecule has 0 aliphatic carbocycles. The summed E-state index contributed by atoms with van der Waals surface area (Å²) in [5.74, 6) is 1.06. The van der Waals surface area contributed by atoms with E-state index in [1.807, 2.05) is 37.3 Å². The number of ether oxygens (including phenoxy) is 1. The summed E-state index contributed by atoms with van der Waals surface area (Å²) < 4.78 is 7.01. The van der Waals surface area contributed by atoms with Crippen molar-refractivity contribution >= 4 is 11.2 Å². The SMILES string of the molecule is CCn1nnc2c(OC)nc(-c3ccccc3)nc21. The van der Waals surface area contributed by atoms with Gasteiger partial charge in [0, 0.05) is 12.1 Å². The van der Waals surface area contributed by atoms with Crippen molar-refractivity contribution in [3.05, 3.63) is 30.3 Å². The van der Waals surface area contributed by atoms with E-state index in [0.717, 1.165) is 5.56 Å². The van der Waals surface area contributed by atoms with Crippen LogP contribution in [0.15, 0.2) is 30.3 Å². The number of hydrogen-bond acceptors (Lipinski definition) is 5. The van der Waals surface area contributed by atoms with E-state index in [2.05, 4.69) is 20.3 Å². The molecular formula is C13H13N5O. The highest BCUT2D eigenvalue weighted by atomic mass is 16.5. The molecule has 1 aromatic carbocycles. The van der Waals surface area contributed by atoms with Crippen molar-refractivity contribution in [3.8, 4) is 17.3 Å². The second-order valence-electron chi connectivity index (χ2n) is 4.00. The number of aromatic nitrogens is 5. The van der Waals surface area contributed by atoms with Gasteiger partial charge in [0.15, 0.2) is 17.0 Å². The van der Waals surface area contributed by atoms with Crippen LogP contribution in [0.1, 0.15) is 6.92 Å². The van der Waals surface area contributed by atoms with Crippen molar-refractivity contribution in [1.82, 2.24) is 25.0 Å². The van der Waals surface area contributed by atoms with Crippen LogP contribution in [0.4, 0.5) is 0 Å². The fourth-order valence-electron chi connectivity index (χ4n) is 1.90. The molecule has 0 bridgehead atoms. The second kappa shape index (κ2) is 4.64. The van der Waals surface area contributed by atoms with E-state index in [4.69, 9.17) is 4.74 Å². The van der Waals surface area contributed by atoms with Gasteiger partial charge in [0.05, 0.1) is 7.11 Å². The highest BCUT2D eigenvalue weighted by Gasteiger charge is 2.15. The monoisotopic (exact) mass is 255 g/mol. The minimum Gasteiger partial charge on any atom is -0.479 e. The van der Waals surface area contributed by atoms with Gasteiger partial charge in [0.25, 0.3) is 0 Å². The normalized spacial score (nSPS) is 10.8. The van der Waals surface area contributed by atoms with Crippen LogP contribution in [0.3, 0.4) is 0 Å². The topological polar surface area (TPSA) is 65.7 Å². The molecule has 0 unspecified atom stereocenters. The lowest BCUT2D eigenvalue weighted by Gasteiger charge is -2.04. The summed E-state index contributed by atoms with van der Waals surface area (Å²) in [7, 11) is 1.57. The molecule has 6 heteroatoms. The molecule has 0 spiro atoms. The molecule has 19 heavy (non-hydrogen) atoms. The maximum atomic E-state index is 5.28. The smallest absolute Gasteiger partial charge is 0.247 e. The first-order chi connectivity index (χ1) is 9.33. The van der Waals surface area contributed by atoms with E-state index in [9.17, 15) is 0 Å². The van der Waals surface area contributed by atoms with E-state index in [1.54, 1.807) is 11.8 Å². The van der Waals surface area contributed by atoms with Crippen LogP contribution in [0.2, 0.25) is 0 Å². The molecule has 0 N–H and O–H groups in total. The average Bonchev–Trinajstić information content (AvgIpc) is 2.90. The largest absolute Gasteiger partial charge is 0.479 e. The molecule has 96 valence electrons. The Labute approximate surface area is 110 Å². The van der Waals surface area contributed by atoms with Gasteiger partial charge in [-0.05, 0) is 6.92 Å². The van der Waals surface area contributed by atoms with Crippen molar-refractivity contribution < 1.29 is 4.74 Å². The number of benzene rings is 1. The van der Waals surface area contributed by atoms with Crippen molar-refractivity contribution in [2.75, 3.05) is 7.11 Å². The molecule has 0 saturated carbocycles. The third-order valence-electron chi connectivity index (χ3n) is 2.86. The molecular weight excluding hydrogens is 242 g/mol. The summed E-state index contributed by atoms with van der Waals surface area (Å²) in [4.78, 5) is 8.92. The first-order valence-corrected chi connectivity index (χ1v) is 6.04. The fourth-order valence-corrected chi connectivity index (χ4v) is 1.90. The van der Waals surface area contributed by atoms with Gasteiger partial charge in [-0.1, -0.05) is 35.5 Å². The van der Waals surface area contributed by atoms with Crippen LogP contribution >= 0.6 is 0 Å². The first-order valence-electron chi connectivity index (χ1n) is 6.04. The van der Waals surface area contributed by atoms with Gasteiger partial charge in [-0.3, -0.25) is 0 Å². The zero-order valence-corrected chi connectivity index (χ0v) is 10.7. The minimum absolute atomic E-state index is 0.448. The molecule has 0 saturated heterocycles. The van der Waals surface area contributed by atoms with Crippen LogP contribution in [0.5, 0.6) is 5.88 Å². The summed E-state index contributed by atoms with van der Waals surface area (Å²) in [5.41, 5.74) is 2.21. The van der Waals surface area contributed by atoms with Gasteiger partial charge in [-0.2, -0.15) is 4.98 Å². The summed E-state index contributed by atoms with van der Waals surface area (Å²) >= 11 is 0. The predicted molar refractivity (Wildman–Crippen MR) is 70.8 cm³/mol. The zero-order valence-electron chi connectivity index (χ0n) is 10.7. The number of aryl methyl sites for hydroxylation is 1. The first kappa shape index (κ1) is 11.6. The molecule has 3 rings (SSSR count). The Morgan fingerprint density at radius 1 is 1.16 bits per heavy atom. The summed E-state index contributed by atoms with van der Waals surface area (Å²) in [5, 5.41) is 8.10. The zero-order chi connectivity index (χ0) is 13.2. The highest BCUT2D eigenvalue weighted by molar-refractivity contribution is 5.78. The Kier molecular flexibility index (Phi) is 2.83. The van der Waals surface area contributed by atoms with Gasteiger partial charge in [0.1, 0.15) is 0 Å². The van der Waals surface area contributed by atoms with E-state index in [-0.39, 0.29) is 0 Å². The summed E-state index contributed by atoms with van der Waals surface area (Å²) in [6.45, 7) is 2.69. The van der Waals surface area contributed by atoms with E-state index in [0.29, 0.717) is 29.4 Å². The van der Waals surface area contributed by atoms with Gasteiger partial charge >= 0.3 is 0 Å². The van der Waals surface area contributed by atoms with Crippen molar-refractivity contribution in [2.45, 2.75) is 13.5 Å². The lowest BCUT2D eigenvalue weighted by atomic mass is 10.2. The molecule has 2 aromatic heterocycles. The summed E-state index contributed by atoms with van der Waals surface area (Å²) in [6.07, 6.45) is 0. The van der Waals surface area contributed by atoms with Crippen LogP contribution < -0.4 is 4.74 Å². The number of nitrogens with zero attached hydrogens (tertiary/aromatic N) is 5. The number of methoxy groups -OCH3 is 1. The molecule has 0 amide bonds. The number of fused-ring (bicyclic) bond motifs is 1. The Morgan fingerprint density at radius 3 is 2.63 bits per heavy atom. The molecule has 0 aliphatic rings. The maximum absolute atomic E-state index is 5.28. The molecule has 3 aromatic rings. The van der Waals surface area contributed by atoms with E-state index < -0.39 is 0 Å². The minimum atomic E-state index is 0.448. The third-order valence-corrected chi connectivity index (χ3v) is 2.86. The predicted octanol–water partition coefficient (Wildman–Crippen LogP) is 1.92. The van der Waals surface area contributed by atoms with Crippen LogP contribution in [0.25, 0.3) is 22.6 Å². The fraction of sp³-hybridized carbons (Fsp3) is 0.231. The number of rotatable bonds is 3. The number of hydrogen-bond donors (Lipinski definition) is 0. The van der Waals surface area contributed by atoms with Crippen molar-refractivity contribution in [1.29, 1.82) is 0 Å². The van der Waals surface area contributed by atoms with Crippen molar-refractivity contribution in [3.63, 3.8) is 0 Å². The quantitative estimate of drug-likeness (QED) is 0.715. The van der Waals surface area contributed by atoms with E-state index in [1.165, 1.54) is 0 Å². The van der Waals surface area contributed by atoms with Crippen LogP contribution in [-0.4, -0.2) is 32.1 Å². The van der Waals surface area contributed by atoms with Gasteiger partial charge in [-0.15, -0.1) is 5.10 Å². The van der Waals surface area contributed by atoms with Crippen molar-refractivity contribution in [2.24, 2.45) is 0 Å². The lowest BCUT2D eigenvalue weighted by molar-refractivity contribution is 0.402. The molecule has 0 aliphatic heterocycles. The Balaban J connectivity index is 2.26. The van der Waals surface area contributed by atoms with E-state index >= 15 is 0 Å². The molecule has 0 atom stereocenters. The summed E-state index contributed by atoms with van der Waals surface area (Å²) in [6, 6.07) is 9.77. The van der Waals surface area contributed by atoms with Crippen LogP contribution in [-0.2, 0) is 6.54 Å². The second-order valence-corrected chi connectivity index (χ2v) is 4.00. The molecule has 0 radical (unpaired) electrons. The Morgan fingerprint density at radius 2 is 1.95 bits per heavy atom. The third kappa shape index (κ3) is 1.91. The van der Waals surface area contributed by atoms with Gasteiger partial charge in [0.2, 0.25) is 5.88 Å². The van der Waals surface area contributed by atoms with Gasteiger partial charge in [-0.25, -0.2) is 9.67 Å². The Hall–Kier alpha value is -2.50. The maximum Gasteiger partial charge on any atom is 0.247 e. The highest BCUT2D eigenvalue weighted by Crippen LogP contribution is 2.24. The lowest BCUT2D eigenvalue weighted by Crippen LogP contribution is -2.00.